The topological polar surface area (TPSA) is 67.4 Å². The predicted molar refractivity (Wildman–Crippen MR) is 101 cm³/mol. The van der Waals surface area contributed by atoms with Crippen molar-refractivity contribution in [1.82, 2.24) is 15.5 Å². The number of benzene rings is 1. The highest BCUT2D eigenvalue weighted by atomic mass is 16.5. The molecule has 0 radical (unpaired) electrons. The van der Waals surface area contributed by atoms with E-state index in [0.29, 0.717) is 12.5 Å². The van der Waals surface area contributed by atoms with Crippen molar-refractivity contribution in [3.05, 3.63) is 41.1 Å². The third kappa shape index (κ3) is 4.19. The maximum Gasteiger partial charge on any atom is 0.315 e. The number of likely N-dealkylation sites (tertiary alicyclic amines) is 1. The van der Waals surface area contributed by atoms with Crippen LogP contribution >= 0.6 is 0 Å². The first-order chi connectivity index (χ1) is 12.6. The minimum Gasteiger partial charge on any atom is -0.633 e. The summed E-state index contributed by atoms with van der Waals surface area (Å²) in [5.41, 5.74) is 1.36. The van der Waals surface area contributed by atoms with Crippen LogP contribution in [0.25, 0.3) is 0 Å². The van der Waals surface area contributed by atoms with E-state index in [1.165, 1.54) is 5.56 Å². The summed E-state index contributed by atoms with van der Waals surface area (Å²) in [4.78, 5) is 14.8. The lowest BCUT2D eigenvalue weighted by atomic mass is 9.83. The molecule has 5 rings (SSSR count). The Morgan fingerprint density at radius 1 is 1.15 bits per heavy atom. The molecule has 4 heterocycles. The lowest BCUT2D eigenvalue weighted by Crippen LogP contribution is -2.65. The summed E-state index contributed by atoms with van der Waals surface area (Å²) < 4.78 is -0.113. The Kier molecular flexibility index (Phi) is 5.16. The van der Waals surface area contributed by atoms with Crippen molar-refractivity contribution in [2.24, 2.45) is 5.92 Å². The molecule has 4 aliphatic heterocycles. The molecule has 26 heavy (non-hydrogen) atoms. The smallest absolute Gasteiger partial charge is 0.315 e. The van der Waals surface area contributed by atoms with Crippen LogP contribution in [0.4, 0.5) is 4.79 Å². The highest BCUT2D eigenvalue weighted by Crippen LogP contribution is 2.32. The molecule has 0 aliphatic carbocycles. The van der Waals surface area contributed by atoms with Crippen LogP contribution in [-0.4, -0.2) is 66.9 Å². The molecule has 4 fully saturated rings. The Bertz CT molecular complexity index is 615. The van der Waals surface area contributed by atoms with Crippen molar-refractivity contribution in [3.63, 3.8) is 0 Å². The lowest BCUT2D eigenvalue weighted by Gasteiger charge is -2.55. The molecule has 142 valence electrons. The number of hydrogen-bond acceptors (Lipinski definition) is 3. The van der Waals surface area contributed by atoms with Gasteiger partial charge in [0.2, 0.25) is 0 Å². The number of carbonyl (C=O) groups is 1. The molecule has 2 bridgehead atoms. The molecule has 6 nitrogen and oxygen atoms in total. The van der Waals surface area contributed by atoms with Crippen LogP contribution in [0.1, 0.15) is 24.8 Å². The number of nitrogens with one attached hydrogen (secondary N) is 2. The third-order valence-corrected chi connectivity index (χ3v) is 6.40. The number of fused-ring (bicyclic) bond motifs is 3. The van der Waals surface area contributed by atoms with Gasteiger partial charge in [-0.25, -0.2) is 4.79 Å². The number of hydroxylamine groups is 3. The van der Waals surface area contributed by atoms with Crippen molar-refractivity contribution in [1.29, 1.82) is 0 Å². The number of urea groups is 1. The van der Waals surface area contributed by atoms with Crippen LogP contribution in [0.2, 0.25) is 0 Å². The average Bonchev–Trinajstić information content (AvgIpc) is 3.08. The highest BCUT2D eigenvalue weighted by Gasteiger charge is 2.42. The van der Waals surface area contributed by atoms with Gasteiger partial charge in [-0.2, -0.15) is 0 Å². The van der Waals surface area contributed by atoms with E-state index in [-0.39, 0.29) is 22.8 Å². The number of amides is 2. The first kappa shape index (κ1) is 17.8. The Morgan fingerprint density at radius 2 is 1.92 bits per heavy atom. The molecule has 0 spiro atoms. The first-order valence-corrected chi connectivity index (χ1v) is 10.0. The van der Waals surface area contributed by atoms with E-state index >= 15 is 0 Å². The molecule has 0 aromatic heterocycles. The second kappa shape index (κ2) is 7.55. The first-order valence-electron chi connectivity index (χ1n) is 10.0. The fourth-order valence-electron chi connectivity index (χ4n) is 4.80. The molecule has 2 N–H and O–H groups in total. The molecule has 6 heteroatoms. The maximum absolute atomic E-state index is 12.5. The summed E-state index contributed by atoms with van der Waals surface area (Å²) in [6, 6.07) is 10.7. The SMILES string of the molecule is O=C(NC1C[N+]2([O-])CCC1CC2)N[C@H]1CCN(CCc2ccccc2)C1. The third-order valence-electron chi connectivity index (χ3n) is 6.40. The van der Waals surface area contributed by atoms with Gasteiger partial charge in [-0.1, -0.05) is 30.3 Å². The zero-order chi connectivity index (χ0) is 18.0. The van der Waals surface area contributed by atoms with Crippen molar-refractivity contribution in [3.8, 4) is 0 Å². The van der Waals surface area contributed by atoms with Crippen LogP contribution in [-0.2, 0) is 6.42 Å². The number of nitrogens with zero attached hydrogens (tertiary/aromatic N) is 2. The molecular weight excluding hydrogens is 328 g/mol. The highest BCUT2D eigenvalue weighted by molar-refractivity contribution is 5.74. The number of hydrogen-bond donors (Lipinski definition) is 2. The summed E-state index contributed by atoms with van der Waals surface area (Å²) >= 11 is 0. The molecule has 1 aromatic carbocycles. The standard InChI is InChI=1S/C20H30N4O2/c25-20(22-19-15-24(26)12-8-17(19)9-13-24)21-18-7-11-23(14-18)10-6-16-4-2-1-3-5-16/h1-5,17-19H,6-15H2,(H2,21,22,25)/t17?,18-,19?,24?/m0/s1. The molecule has 4 aliphatic rings. The Balaban J connectivity index is 1.19. The van der Waals surface area contributed by atoms with E-state index in [9.17, 15) is 10.0 Å². The van der Waals surface area contributed by atoms with Gasteiger partial charge in [0.05, 0.1) is 25.7 Å². The van der Waals surface area contributed by atoms with Crippen LogP contribution in [0.3, 0.4) is 0 Å². The summed E-state index contributed by atoms with van der Waals surface area (Å²) in [6.07, 6.45) is 3.95. The molecule has 2 amide bonds. The van der Waals surface area contributed by atoms with Gasteiger partial charge >= 0.3 is 6.03 Å². The molecule has 0 saturated carbocycles. The second-order valence-corrected chi connectivity index (χ2v) is 8.27. The number of carbonyl (C=O) groups excluding carboxylic acids is 1. The van der Waals surface area contributed by atoms with Crippen molar-refractivity contribution in [2.75, 3.05) is 39.3 Å². The van der Waals surface area contributed by atoms with Gasteiger partial charge in [0, 0.05) is 38.5 Å². The molecule has 4 saturated heterocycles. The molecular formula is C20H30N4O2. The summed E-state index contributed by atoms with van der Waals surface area (Å²) in [5, 5.41) is 18.7. The Morgan fingerprint density at radius 3 is 2.65 bits per heavy atom. The maximum atomic E-state index is 12.5. The van der Waals surface area contributed by atoms with Gasteiger partial charge in [0.15, 0.2) is 0 Å². The van der Waals surface area contributed by atoms with E-state index in [0.717, 1.165) is 58.4 Å². The molecule has 2 atom stereocenters. The average molecular weight is 358 g/mol. The van der Waals surface area contributed by atoms with Crippen molar-refractivity contribution < 1.29 is 9.44 Å². The normalized spacial score (nSPS) is 34.0. The minimum atomic E-state index is -0.113. The van der Waals surface area contributed by atoms with Gasteiger partial charge in [0.25, 0.3) is 0 Å². The summed E-state index contributed by atoms with van der Waals surface area (Å²) in [7, 11) is 0. The van der Waals surface area contributed by atoms with E-state index in [1.807, 2.05) is 6.07 Å². The van der Waals surface area contributed by atoms with Crippen molar-refractivity contribution in [2.45, 2.75) is 37.8 Å². The summed E-state index contributed by atoms with van der Waals surface area (Å²) in [6.45, 7) is 4.98. The largest absolute Gasteiger partial charge is 0.633 e. The van der Waals surface area contributed by atoms with Crippen LogP contribution in [0, 0.1) is 11.1 Å². The predicted octanol–water partition coefficient (Wildman–Crippen LogP) is 1.71. The Labute approximate surface area is 155 Å². The zero-order valence-electron chi connectivity index (χ0n) is 15.4. The van der Waals surface area contributed by atoms with E-state index in [1.54, 1.807) is 0 Å². The van der Waals surface area contributed by atoms with Gasteiger partial charge < -0.3 is 25.4 Å². The number of piperidine rings is 3. The monoisotopic (exact) mass is 358 g/mol. The second-order valence-electron chi connectivity index (χ2n) is 8.27. The van der Waals surface area contributed by atoms with Crippen LogP contribution < -0.4 is 10.6 Å². The fraction of sp³-hybridized carbons (Fsp3) is 0.650. The molecule has 1 unspecified atom stereocenters. The van der Waals surface area contributed by atoms with E-state index in [2.05, 4.69) is 39.8 Å². The minimum absolute atomic E-state index is 0.0468. The quantitative estimate of drug-likeness (QED) is 0.622. The van der Waals surface area contributed by atoms with Gasteiger partial charge in [-0.15, -0.1) is 0 Å². The fourth-order valence-corrected chi connectivity index (χ4v) is 4.80. The van der Waals surface area contributed by atoms with E-state index < -0.39 is 0 Å². The summed E-state index contributed by atoms with van der Waals surface area (Å²) in [5.74, 6) is 0.487. The van der Waals surface area contributed by atoms with Crippen LogP contribution in [0.15, 0.2) is 30.3 Å². The van der Waals surface area contributed by atoms with Crippen molar-refractivity contribution >= 4 is 6.03 Å². The van der Waals surface area contributed by atoms with Gasteiger partial charge in [0.1, 0.15) is 0 Å². The zero-order valence-corrected chi connectivity index (χ0v) is 15.4. The van der Waals surface area contributed by atoms with Gasteiger partial charge in [-0.3, -0.25) is 0 Å². The molecule has 1 aromatic rings. The van der Waals surface area contributed by atoms with E-state index in [4.69, 9.17) is 0 Å². The van der Waals surface area contributed by atoms with Crippen LogP contribution in [0.5, 0.6) is 0 Å². The Hall–Kier alpha value is -1.63. The number of quaternary nitrogens is 1. The van der Waals surface area contributed by atoms with Gasteiger partial charge in [-0.05, 0) is 24.3 Å². The number of rotatable bonds is 5. The lowest BCUT2D eigenvalue weighted by molar-refractivity contribution is -0.898.